The van der Waals surface area contributed by atoms with Crippen molar-refractivity contribution in [1.82, 2.24) is 25.1 Å². The predicted molar refractivity (Wildman–Crippen MR) is 103 cm³/mol. The van der Waals surface area contributed by atoms with E-state index in [4.69, 9.17) is 0 Å². The van der Waals surface area contributed by atoms with E-state index in [0.717, 1.165) is 4.88 Å². The molecule has 1 unspecified atom stereocenters. The zero-order chi connectivity index (χ0) is 18.1. The van der Waals surface area contributed by atoms with Crippen LogP contribution in [0.2, 0.25) is 0 Å². The number of nitrogens with zero attached hydrogens (tertiary/aromatic N) is 2. The zero-order valence-electron chi connectivity index (χ0n) is 13.6. The first-order valence-corrected chi connectivity index (χ1v) is 9.50. The molecule has 0 saturated carbocycles. The maximum absolute atomic E-state index is 12.4. The second-order valence-corrected chi connectivity index (χ2v) is 7.79. The number of benzene rings is 1. The van der Waals surface area contributed by atoms with Crippen LogP contribution in [0.1, 0.15) is 6.92 Å². The first-order chi connectivity index (χ1) is 12.6. The van der Waals surface area contributed by atoms with Crippen molar-refractivity contribution in [3.63, 3.8) is 0 Å². The fraction of sp³-hybridized carbons (Fsp3) is 0.125. The van der Waals surface area contributed by atoms with Gasteiger partial charge in [0.15, 0.2) is 5.82 Å². The zero-order valence-corrected chi connectivity index (χ0v) is 15.2. The topological polar surface area (TPSA) is 119 Å². The fourth-order valence-electron chi connectivity index (χ4n) is 2.39. The average Bonchev–Trinajstić information content (AvgIpc) is 3.33. The molecule has 8 nitrogen and oxygen atoms in total. The van der Waals surface area contributed by atoms with Gasteiger partial charge in [-0.1, -0.05) is 17.8 Å². The summed E-state index contributed by atoms with van der Waals surface area (Å²) in [6, 6.07) is 9.09. The Morgan fingerprint density at radius 2 is 2.12 bits per heavy atom. The Labute approximate surface area is 155 Å². The molecule has 1 aromatic carbocycles. The van der Waals surface area contributed by atoms with Crippen molar-refractivity contribution in [2.24, 2.45) is 0 Å². The standard InChI is InChI=1S/C16H14N6O2S2/c1-8(26-16-20-13(21-22-16)12-3-2-6-25-12)14(23)17-9-4-5-10-11(7-9)19-15(24)18-10/h2-8H,1H3,(H,17,23)(H2,18,19,24)(H,20,21,22). The van der Waals surface area contributed by atoms with Gasteiger partial charge in [-0.15, -0.1) is 16.4 Å². The molecule has 0 saturated heterocycles. The van der Waals surface area contributed by atoms with E-state index in [1.165, 1.54) is 11.8 Å². The van der Waals surface area contributed by atoms with Crippen LogP contribution in [0.25, 0.3) is 21.7 Å². The van der Waals surface area contributed by atoms with E-state index in [9.17, 15) is 9.59 Å². The van der Waals surface area contributed by atoms with Crippen LogP contribution in [0.15, 0.2) is 45.7 Å². The SMILES string of the molecule is CC(Sc1n[nH]c(-c2cccs2)n1)C(=O)Nc1ccc2[nH]c(=O)[nH]c2c1. The van der Waals surface area contributed by atoms with Crippen molar-refractivity contribution in [3.05, 3.63) is 46.2 Å². The van der Waals surface area contributed by atoms with Gasteiger partial charge in [0.2, 0.25) is 11.1 Å². The van der Waals surface area contributed by atoms with Gasteiger partial charge in [0.25, 0.3) is 0 Å². The van der Waals surface area contributed by atoms with E-state index in [2.05, 4.69) is 30.5 Å². The van der Waals surface area contributed by atoms with E-state index in [-0.39, 0.29) is 16.8 Å². The van der Waals surface area contributed by atoms with Crippen molar-refractivity contribution >= 4 is 45.7 Å². The minimum Gasteiger partial charge on any atom is -0.325 e. The molecule has 4 rings (SSSR count). The highest BCUT2D eigenvalue weighted by molar-refractivity contribution is 8.00. The van der Waals surface area contributed by atoms with Gasteiger partial charge in [0.1, 0.15) is 0 Å². The Morgan fingerprint density at radius 1 is 1.27 bits per heavy atom. The molecule has 10 heteroatoms. The van der Waals surface area contributed by atoms with E-state index in [1.54, 1.807) is 36.5 Å². The highest BCUT2D eigenvalue weighted by atomic mass is 32.2. The monoisotopic (exact) mass is 386 g/mol. The molecule has 3 aromatic heterocycles. The summed E-state index contributed by atoms with van der Waals surface area (Å²) in [6.45, 7) is 1.79. The largest absolute Gasteiger partial charge is 0.325 e. The van der Waals surface area contributed by atoms with Crippen molar-refractivity contribution in [3.8, 4) is 10.7 Å². The quantitative estimate of drug-likeness (QED) is 0.393. The summed E-state index contributed by atoms with van der Waals surface area (Å²) in [6.07, 6.45) is 0. The third-order valence-electron chi connectivity index (χ3n) is 3.65. The Balaban J connectivity index is 1.43. The normalized spacial score (nSPS) is 12.3. The number of hydrogen-bond acceptors (Lipinski definition) is 6. The van der Waals surface area contributed by atoms with Crippen LogP contribution in [-0.4, -0.2) is 36.3 Å². The molecule has 0 aliphatic carbocycles. The molecule has 0 fully saturated rings. The predicted octanol–water partition coefficient (Wildman–Crippen LogP) is 2.82. The number of fused-ring (bicyclic) bond motifs is 1. The third kappa shape index (κ3) is 3.41. The number of anilines is 1. The number of carbonyl (C=O) groups excluding carboxylic acids is 1. The minimum absolute atomic E-state index is 0.172. The maximum atomic E-state index is 12.4. The van der Waals surface area contributed by atoms with Gasteiger partial charge in [-0.05, 0) is 36.6 Å². The summed E-state index contributed by atoms with van der Waals surface area (Å²) in [5.74, 6) is 0.520. The maximum Gasteiger partial charge on any atom is 0.323 e. The van der Waals surface area contributed by atoms with Gasteiger partial charge in [0.05, 0.1) is 21.2 Å². The minimum atomic E-state index is -0.386. The number of H-pyrrole nitrogens is 3. The molecule has 0 radical (unpaired) electrons. The fourth-order valence-corrected chi connectivity index (χ4v) is 3.78. The molecular weight excluding hydrogens is 372 g/mol. The molecule has 4 N–H and O–H groups in total. The van der Waals surface area contributed by atoms with Crippen LogP contribution < -0.4 is 11.0 Å². The van der Waals surface area contributed by atoms with Gasteiger partial charge in [-0.25, -0.2) is 9.78 Å². The van der Waals surface area contributed by atoms with E-state index in [0.29, 0.717) is 27.7 Å². The number of thioether (sulfide) groups is 1. The number of amides is 1. The highest BCUT2D eigenvalue weighted by Crippen LogP contribution is 2.26. The second-order valence-electron chi connectivity index (χ2n) is 5.53. The summed E-state index contributed by atoms with van der Waals surface area (Å²) in [5.41, 5.74) is 1.66. The van der Waals surface area contributed by atoms with Gasteiger partial charge in [0, 0.05) is 5.69 Å². The number of imidazole rings is 1. The highest BCUT2D eigenvalue weighted by Gasteiger charge is 2.18. The van der Waals surface area contributed by atoms with Gasteiger partial charge >= 0.3 is 5.69 Å². The number of rotatable bonds is 5. The second kappa shape index (κ2) is 6.81. The summed E-state index contributed by atoms with van der Waals surface area (Å²) in [4.78, 5) is 34.5. The summed E-state index contributed by atoms with van der Waals surface area (Å²) >= 11 is 2.84. The van der Waals surface area contributed by atoms with Crippen LogP contribution in [0, 0.1) is 0 Å². The number of nitrogens with one attached hydrogen (secondary N) is 4. The van der Waals surface area contributed by atoms with E-state index < -0.39 is 0 Å². The van der Waals surface area contributed by atoms with Crippen LogP contribution in [0.4, 0.5) is 5.69 Å². The molecule has 1 atom stereocenters. The molecule has 26 heavy (non-hydrogen) atoms. The molecule has 0 bridgehead atoms. The van der Waals surface area contributed by atoms with Gasteiger partial charge in [-0.2, -0.15) is 0 Å². The van der Waals surface area contributed by atoms with Crippen LogP contribution in [0.3, 0.4) is 0 Å². The van der Waals surface area contributed by atoms with Crippen LogP contribution in [-0.2, 0) is 4.79 Å². The lowest BCUT2D eigenvalue weighted by molar-refractivity contribution is -0.115. The molecule has 0 spiro atoms. The Bertz CT molecular complexity index is 1110. The smallest absolute Gasteiger partial charge is 0.323 e. The lowest BCUT2D eigenvalue weighted by Gasteiger charge is -2.10. The summed E-state index contributed by atoms with van der Waals surface area (Å²) < 4.78 is 0. The number of carbonyl (C=O) groups is 1. The number of aromatic amines is 3. The summed E-state index contributed by atoms with van der Waals surface area (Å²) in [7, 11) is 0. The van der Waals surface area contributed by atoms with Crippen molar-refractivity contribution in [2.45, 2.75) is 17.3 Å². The van der Waals surface area contributed by atoms with E-state index >= 15 is 0 Å². The molecule has 0 aliphatic rings. The first kappa shape index (κ1) is 16.6. The summed E-state index contributed by atoms with van der Waals surface area (Å²) in [5, 5.41) is 12.0. The molecule has 0 aliphatic heterocycles. The van der Waals surface area contributed by atoms with Gasteiger partial charge < -0.3 is 15.3 Å². The molecule has 4 aromatic rings. The first-order valence-electron chi connectivity index (χ1n) is 7.74. The van der Waals surface area contributed by atoms with Crippen LogP contribution in [0.5, 0.6) is 0 Å². The number of hydrogen-bond donors (Lipinski definition) is 4. The number of thiophene rings is 1. The molecule has 132 valence electrons. The van der Waals surface area contributed by atoms with Crippen molar-refractivity contribution in [1.29, 1.82) is 0 Å². The Kier molecular flexibility index (Phi) is 4.35. The third-order valence-corrected chi connectivity index (χ3v) is 5.49. The average molecular weight is 386 g/mol. The Hall–Kier alpha value is -2.85. The molecule has 3 heterocycles. The van der Waals surface area contributed by atoms with E-state index in [1.807, 2.05) is 17.5 Å². The van der Waals surface area contributed by atoms with Crippen LogP contribution >= 0.6 is 23.1 Å². The van der Waals surface area contributed by atoms with Gasteiger partial charge in [-0.3, -0.25) is 9.89 Å². The number of aromatic nitrogens is 5. The molecule has 1 amide bonds. The molecular formula is C16H14N6O2S2. The lowest BCUT2D eigenvalue weighted by Crippen LogP contribution is -2.22. The Morgan fingerprint density at radius 3 is 2.92 bits per heavy atom. The van der Waals surface area contributed by atoms with Crippen molar-refractivity contribution in [2.75, 3.05) is 5.32 Å². The lowest BCUT2D eigenvalue weighted by atomic mass is 10.2. The van der Waals surface area contributed by atoms with Crippen molar-refractivity contribution < 1.29 is 4.79 Å².